The average molecular weight is 358 g/mol. The van der Waals surface area contributed by atoms with Gasteiger partial charge in [0.2, 0.25) is 0 Å². The highest BCUT2D eigenvalue weighted by molar-refractivity contribution is 14.1. The average Bonchev–Trinajstić information content (AvgIpc) is 2.26. The van der Waals surface area contributed by atoms with Crippen LogP contribution in [0.4, 0.5) is 9.59 Å². The summed E-state index contributed by atoms with van der Waals surface area (Å²) in [5.74, 6) is 0. The number of amides is 1. The molecule has 7 nitrogen and oxygen atoms in total. The maximum absolute atomic E-state index is 10.8. The van der Waals surface area contributed by atoms with E-state index in [1.165, 1.54) is 22.6 Å². The van der Waals surface area contributed by atoms with Crippen LogP contribution in [0.3, 0.4) is 0 Å². The summed E-state index contributed by atoms with van der Waals surface area (Å²) in [5.41, 5.74) is 5.34. The maximum atomic E-state index is 10.8. The maximum Gasteiger partial charge on any atom is 0.415 e. The van der Waals surface area contributed by atoms with Gasteiger partial charge >= 0.3 is 10.1 Å². The third kappa shape index (κ3) is 13.5. The number of halogens is 1. The molecule has 0 atom stereocenters. The van der Waals surface area contributed by atoms with Gasteiger partial charge in [0.15, 0.2) is 0 Å². The highest BCUT2D eigenvalue weighted by atomic mass is 127. The molecule has 0 rings (SSSR count). The number of nitrogens with one attached hydrogen (secondary N) is 3. The number of hydrogen-bond acceptors (Lipinski definition) is 6. The Labute approximate surface area is 114 Å². The molecule has 0 aliphatic carbocycles. The molecule has 0 aliphatic heterocycles. The number of alkyl carbamates (subject to hydrolysis) is 1. The van der Waals surface area contributed by atoms with Gasteiger partial charge in [-0.05, 0) is 19.5 Å². The first-order valence-electron chi connectivity index (χ1n) is 5.43. The fourth-order valence-corrected chi connectivity index (χ4v) is 1.22. The Kier molecular flexibility index (Phi) is 11.7. The van der Waals surface area contributed by atoms with Gasteiger partial charge in [-0.2, -0.15) is 0 Å². The lowest BCUT2D eigenvalue weighted by Gasteiger charge is -2.06. The van der Waals surface area contributed by atoms with E-state index in [4.69, 9.17) is 5.73 Å². The SMILES string of the molecule is NCCCNCCNCCNC(=O)OC(=O)I. The zero-order valence-corrected chi connectivity index (χ0v) is 11.8. The molecule has 0 aromatic carbocycles. The molecular weight excluding hydrogens is 339 g/mol. The number of nitrogens with two attached hydrogens (primary N) is 1. The van der Waals surface area contributed by atoms with Gasteiger partial charge in [0, 0.05) is 26.2 Å². The molecule has 0 saturated heterocycles. The van der Waals surface area contributed by atoms with Crippen LogP contribution in [0.15, 0.2) is 0 Å². The Morgan fingerprint density at radius 2 is 1.65 bits per heavy atom. The minimum atomic E-state index is -0.715. The van der Waals surface area contributed by atoms with Crippen LogP contribution in [0.2, 0.25) is 0 Å². The van der Waals surface area contributed by atoms with Crippen molar-refractivity contribution < 1.29 is 14.3 Å². The molecule has 0 saturated carbocycles. The van der Waals surface area contributed by atoms with Crippen molar-refractivity contribution in [3.63, 3.8) is 0 Å². The van der Waals surface area contributed by atoms with Crippen LogP contribution in [-0.2, 0) is 4.74 Å². The molecule has 0 aromatic rings. The normalized spacial score (nSPS) is 10.0. The Morgan fingerprint density at radius 3 is 2.24 bits per heavy atom. The topological polar surface area (TPSA) is 105 Å². The van der Waals surface area contributed by atoms with Crippen molar-refractivity contribution in [2.24, 2.45) is 5.73 Å². The number of carbonyl (C=O) groups excluding carboxylic acids is 2. The zero-order valence-electron chi connectivity index (χ0n) is 9.63. The highest BCUT2D eigenvalue weighted by Gasteiger charge is 2.04. The second-order valence-electron chi connectivity index (χ2n) is 3.20. The largest absolute Gasteiger partial charge is 0.415 e. The second kappa shape index (κ2) is 12.0. The van der Waals surface area contributed by atoms with E-state index in [1.54, 1.807) is 0 Å². The first-order chi connectivity index (χ1) is 8.16. The zero-order chi connectivity index (χ0) is 12.9. The van der Waals surface area contributed by atoms with Crippen molar-refractivity contribution in [1.29, 1.82) is 0 Å². The molecule has 5 N–H and O–H groups in total. The lowest BCUT2D eigenvalue weighted by molar-refractivity contribution is 0.169. The fraction of sp³-hybridized carbons (Fsp3) is 0.778. The fourth-order valence-electron chi connectivity index (χ4n) is 1.02. The standard InChI is InChI=1S/C9H19IN4O3/c10-8(15)17-9(16)14-7-6-13-5-4-12-3-1-2-11/h12-13H,1-7,11H2,(H,14,16). The molecule has 1 amide bonds. The summed E-state index contributed by atoms with van der Waals surface area (Å²) in [4.78, 5) is 21.2. The molecule has 0 aromatic heterocycles. The lowest BCUT2D eigenvalue weighted by Crippen LogP contribution is -2.35. The van der Waals surface area contributed by atoms with Crippen LogP contribution >= 0.6 is 22.6 Å². The molecular formula is C9H19IN4O3. The molecule has 0 radical (unpaired) electrons. The molecule has 0 aliphatic rings. The van der Waals surface area contributed by atoms with Gasteiger partial charge in [0.05, 0.1) is 22.6 Å². The summed E-state index contributed by atoms with van der Waals surface area (Å²) >= 11 is 1.39. The van der Waals surface area contributed by atoms with Gasteiger partial charge in [0.25, 0.3) is 0 Å². The molecule has 0 bridgehead atoms. The molecule has 100 valence electrons. The van der Waals surface area contributed by atoms with Gasteiger partial charge in [-0.1, -0.05) is 0 Å². The van der Waals surface area contributed by atoms with Crippen LogP contribution < -0.4 is 21.7 Å². The van der Waals surface area contributed by atoms with Crippen LogP contribution in [0.5, 0.6) is 0 Å². The van der Waals surface area contributed by atoms with E-state index in [0.717, 1.165) is 26.1 Å². The Balaban J connectivity index is 3.13. The lowest BCUT2D eigenvalue weighted by atomic mass is 10.4. The molecule has 0 unspecified atom stereocenters. The number of hydrogen-bond donors (Lipinski definition) is 4. The third-order valence-corrected chi connectivity index (χ3v) is 2.00. The second-order valence-corrected chi connectivity index (χ2v) is 4.08. The van der Waals surface area contributed by atoms with E-state index in [1.807, 2.05) is 0 Å². The van der Waals surface area contributed by atoms with Crippen molar-refractivity contribution in [3.8, 4) is 0 Å². The highest BCUT2D eigenvalue weighted by Crippen LogP contribution is 1.90. The van der Waals surface area contributed by atoms with E-state index in [0.29, 0.717) is 19.6 Å². The summed E-state index contributed by atoms with van der Waals surface area (Å²) in [5, 5.41) is 8.77. The predicted molar refractivity (Wildman–Crippen MR) is 73.3 cm³/mol. The van der Waals surface area contributed by atoms with E-state index in [-0.39, 0.29) is 0 Å². The Morgan fingerprint density at radius 1 is 1.06 bits per heavy atom. The molecule has 0 heterocycles. The minimum absolute atomic E-state index is 0.422. The summed E-state index contributed by atoms with van der Waals surface area (Å²) in [6, 6.07) is 0. The van der Waals surface area contributed by atoms with Crippen LogP contribution in [-0.4, -0.2) is 49.3 Å². The molecule has 0 fully saturated rings. The quantitative estimate of drug-likeness (QED) is 0.197. The summed E-state index contributed by atoms with van der Waals surface area (Å²) in [6.45, 7) is 4.33. The Bertz CT molecular complexity index is 228. The number of carbonyl (C=O) groups is 2. The van der Waals surface area contributed by atoms with E-state index in [2.05, 4.69) is 20.7 Å². The number of rotatable bonds is 9. The number of ether oxygens (including phenoxy) is 1. The molecule has 8 heteroatoms. The van der Waals surface area contributed by atoms with Gasteiger partial charge in [-0.15, -0.1) is 0 Å². The minimum Gasteiger partial charge on any atom is -0.368 e. The Hall–Kier alpha value is -0.450. The monoisotopic (exact) mass is 358 g/mol. The van der Waals surface area contributed by atoms with Gasteiger partial charge in [-0.25, -0.2) is 9.59 Å². The van der Waals surface area contributed by atoms with E-state index >= 15 is 0 Å². The van der Waals surface area contributed by atoms with E-state index in [9.17, 15) is 9.59 Å². The summed E-state index contributed by atoms with van der Waals surface area (Å²) < 4.78 is 3.63. The first-order valence-corrected chi connectivity index (χ1v) is 6.51. The van der Waals surface area contributed by atoms with Gasteiger partial charge in [-0.3, -0.25) is 0 Å². The smallest absolute Gasteiger partial charge is 0.368 e. The van der Waals surface area contributed by atoms with Gasteiger partial charge in [0.1, 0.15) is 0 Å². The van der Waals surface area contributed by atoms with Crippen molar-refractivity contribution >= 4 is 32.7 Å². The van der Waals surface area contributed by atoms with Crippen molar-refractivity contribution in [2.45, 2.75) is 6.42 Å². The third-order valence-electron chi connectivity index (χ3n) is 1.78. The van der Waals surface area contributed by atoms with Crippen molar-refractivity contribution in [1.82, 2.24) is 16.0 Å². The van der Waals surface area contributed by atoms with Crippen molar-refractivity contribution in [3.05, 3.63) is 0 Å². The predicted octanol–water partition coefficient (Wildman–Crippen LogP) is -0.204. The van der Waals surface area contributed by atoms with Crippen molar-refractivity contribution in [2.75, 3.05) is 39.3 Å². The first kappa shape index (κ1) is 16.6. The van der Waals surface area contributed by atoms with Crippen LogP contribution in [0.25, 0.3) is 0 Å². The molecule has 17 heavy (non-hydrogen) atoms. The molecule has 0 spiro atoms. The van der Waals surface area contributed by atoms with E-state index < -0.39 is 10.1 Å². The summed E-state index contributed by atoms with van der Waals surface area (Å²) in [7, 11) is 0. The van der Waals surface area contributed by atoms with Crippen LogP contribution in [0, 0.1) is 0 Å². The van der Waals surface area contributed by atoms with Crippen LogP contribution in [0.1, 0.15) is 6.42 Å². The van der Waals surface area contributed by atoms with Gasteiger partial charge < -0.3 is 26.4 Å². The summed E-state index contributed by atoms with van der Waals surface area (Å²) in [6.07, 6.45) is 0.254.